The molecule has 0 saturated heterocycles. The van der Waals surface area contributed by atoms with Crippen LogP contribution in [0.3, 0.4) is 0 Å². The van der Waals surface area contributed by atoms with Crippen LogP contribution >= 0.6 is 11.8 Å². The molecule has 3 unspecified atom stereocenters. The fraction of sp³-hybridized carbons (Fsp3) is 0.938. The highest BCUT2D eigenvalue weighted by atomic mass is 32.2. The van der Waals surface area contributed by atoms with Crippen LogP contribution < -0.4 is 5.32 Å². The summed E-state index contributed by atoms with van der Waals surface area (Å²) in [5, 5.41) is 13.1. The first-order chi connectivity index (χ1) is 9.42. The Morgan fingerprint density at radius 3 is 2.70 bits per heavy atom. The molecule has 1 saturated carbocycles. The molecule has 20 heavy (non-hydrogen) atoms. The number of carboxylic acids is 1. The van der Waals surface area contributed by atoms with Crippen molar-refractivity contribution in [1.82, 2.24) is 5.32 Å². The molecule has 0 aromatic heterocycles. The van der Waals surface area contributed by atoms with E-state index < -0.39 is 11.5 Å². The topological polar surface area (TPSA) is 49.3 Å². The molecule has 0 aliphatic heterocycles. The summed E-state index contributed by atoms with van der Waals surface area (Å²) in [5.41, 5.74) is -0.675. The lowest BCUT2D eigenvalue weighted by molar-refractivity contribution is -0.147. The Kier molecular flexibility index (Phi) is 7.38. The van der Waals surface area contributed by atoms with Gasteiger partial charge < -0.3 is 5.11 Å². The number of nitrogens with one attached hydrogen (secondary N) is 1. The molecule has 2 N–H and O–H groups in total. The Bertz CT molecular complexity index is 309. The second kappa shape index (κ2) is 8.28. The van der Waals surface area contributed by atoms with Crippen LogP contribution in [0, 0.1) is 11.8 Å². The summed E-state index contributed by atoms with van der Waals surface area (Å²) >= 11 is 1.98. The van der Waals surface area contributed by atoms with E-state index in [0.29, 0.717) is 0 Å². The minimum Gasteiger partial charge on any atom is -0.480 e. The van der Waals surface area contributed by atoms with Gasteiger partial charge in [0.1, 0.15) is 5.54 Å². The summed E-state index contributed by atoms with van der Waals surface area (Å²) < 4.78 is 0. The van der Waals surface area contributed by atoms with Crippen LogP contribution in [0.4, 0.5) is 0 Å². The molecule has 3 atom stereocenters. The molecule has 4 heteroatoms. The molecule has 0 heterocycles. The number of aliphatic carboxylic acids is 1. The highest BCUT2D eigenvalue weighted by Crippen LogP contribution is 2.39. The minimum atomic E-state index is -0.675. The molecule has 3 nitrogen and oxygen atoms in total. The average molecular weight is 301 g/mol. The molecule has 1 aliphatic rings. The van der Waals surface area contributed by atoms with Crippen LogP contribution in [0.2, 0.25) is 0 Å². The maximum absolute atomic E-state index is 11.8. The molecule has 0 spiro atoms. The highest BCUT2D eigenvalue weighted by molar-refractivity contribution is 7.99. The van der Waals surface area contributed by atoms with Crippen molar-refractivity contribution in [3.8, 4) is 0 Å². The molecular weight excluding hydrogens is 270 g/mol. The summed E-state index contributed by atoms with van der Waals surface area (Å²) in [6.07, 6.45) is 5.11. The van der Waals surface area contributed by atoms with E-state index in [-0.39, 0.29) is 12.0 Å². The van der Waals surface area contributed by atoms with Gasteiger partial charge in [-0.15, -0.1) is 0 Å². The number of hydrogen-bond donors (Lipinski definition) is 2. The normalized spacial score (nSPS) is 27.9. The number of rotatable bonds is 9. The molecule has 0 amide bonds. The zero-order chi connectivity index (χ0) is 15.2. The number of carbonyl (C=O) groups is 1. The van der Waals surface area contributed by atoms with Crippen molar-refractivity contribution in [1.29, 1.82) is 0 Å². The molecule has 0 bridgehead atoms. The summed E-state index contributed by atoms with van der Waals surface area (Å²) in [7, 11) is 0. The maximum atomic E-state index is 11.8. The summed E-state index contributed by atoms with van der Waals surface area (Å²) in [6, 6.07) is 0.222. The fourth-order valence-corrected chi connectivity index (χ4v) is 4.40. The predicted molar refractivity (Wildman–Crippen MR) is 87.4 cm³/mol. The average Bonchev–Trinajstić information content (AvgIpc) is 2.77. The fourth-order valence-electron chi connectivity index (χ4n) is 3.14. The lowest BCUT2D eigenvalue weighted by Gasteiger charge is -2.34. The monoisotopic (exact) mass is 301 g/mol. The van der Waals surface area contributed by atoms with Gasteiger partial charge in [-0.25, -0.2) is 0 Å². The Balaban J connectivity index is 2.51. The van der Waals surface area contributed by atoms with E-state index in [2.05, 4.69) is 19.2 Å². The summed E-state index contributed by atoms with van der Waals surface area (Å²) in [4.78, 5) is 11.8. The van der Waals surface area contributed by atoms with Gasteiger partial charge in [0.15, 0.2) is 0 Å². The SMILES string of the molecule is CCC(C)CSCCC1CCCC1(NC(C)C)C(=O)O. The zero-order valence-corrected chi connectivity index (χ0v) is 14.3. The Morgan fingerprint density at radius 1 is 1.45 bits per heavy atom. The standard InChI is InChI=1S/C16H31NO2S/c1-5-13(4)11-20-10-8-14-7-6-9-16(14,15(18)19)17-12(2)3/h12-14,17H,5-11H2,1-4H3,(H,18,19). The second-order valence-electron chi connectivity index (χ2n) is 6.54. The van der Waals surface area contributed by atoms with Crippen molar-refractivity contribution >= 4 is 17.7 Å². The first-order valence-corrected chi connectivity index (χ1v) is 9.16. The van der Waals surface area contributed by atoms with E-state index in [0.717, 1.165) is 37.4 Å². The van der Waals surface area contributed by atoms with Crippen molar-refractivity contribution in [3.63, 3.8) is 0 Å². The first-order valence-electron chi connectivity index (χ1n) is 8.01. The third-order valence-corrected chi connectivity index (χ3v) is 5.79. The van der Waals surface area contributed by atoms with Crippen molar-refractivity contribution in [2.75, 3.05) is 11.5 Å². The smallest absolute Gasteiger partial charge is 0.324 e. The third-order valence-electron chi connectivity index (χ3n) is 4.46. The van der Waals surface area contributed by atoms with Gasteiger partial charge in [0.2, 0.25) is 0 Å². The predicted octanol–water partition coefficient (Wildman–Crippen LogP) is 3.78. The molecule has 0 aromatic carbocycles. The van der Waals surface area contributed by atoms with Crippen molar-refractivity contribution < 1.29 is 9.90 Å². The zero-order valence-electron chi connectivity index (χ0n) is 13.4. The van der Waals surface area contributed by atoms with Gasteiger partial charge in [0.05, 0.1) is 0 Å². The summed E-state index contributed by atoms with van der Waals surface area (Å²) in [5.74, 6) is 2.68. The van der Waals surface area contributed by atoms with Gasteiger partial charge in [-0.1, -0.05) is 26.7 Å². The van der Waals surface area contributed by atoms with Crippen LogP contribution in [0.1, 0.15) is 59.8 Å². The molecule has 1 fully saturated rings. The molecule has 1 aliphatic carbocycles. The Labute approximate surface area is 128 Å². The highest BCUT2D eigenvalue weighted by Gasteiger charge is 2.48. The number of carboxylic acid groups (broad SMARTS) is 1. The van der Waals surface area contributed by atoms with Crippen molar-refractivity contribution in [2.45, 2.75) is 71.4 Å². The van der Waals surface area contributed by atoms with Crippen LogP contribution in [-0.4, -0.2) is 34.2 Å². The molecule has 0 radical (unpaired) electrons. The Morgan fingerprint density at radius 2 is 2.15 bits per heavy atom. The van der Waals surface area contributed by atoms with Gasteiger partial charge in [-0.2, -0.15) is 11.8 Å². The maximum Gasteiger partial charge on any atom is 0.324 e. The van der Waals surface area contributed by atoms with Crippen LogP contribution in [-0.2, 0) is 4.79 Å². The van der Waals surface area contributed by atoms with E-state index in [4.69, 9.17) is 0 Å². The van der Waals surface area contributed by atoms with Crippen LogP contribution in [0.15, 0.2) is 0 Å². The Hall–Kier alpha value is -0.220. The molecule has 0 aromatic rings. The largest absolute Gasteiger partial charge is 0.480 e. The molecule has 118 valence electrons. The van der Waals surface area contributed by atoms with E-state index >= 15 is 0 Å². The molecule has 1 rings (SSSR count). The lowest BCUT2D eigenvalue weighted by Crippen LogP contribution is -2.57. The van der Waals surface area contributed by atoms with Crippen molar-refractivity contribution in [2.24, 2.45) is 11.8 Å². The third kappa shape index (κ3) is 4.66. The lowest BCUT2D eigenvalue weighted by atomic mass is 9.84. The summed E-state index contributed by atoms with van der Waals surface area (Å²) in [6.45, 7) is 8.59. The van der Waals surface area contributed by atoms with Gasteiger partial charge >= 0.3 is 5.97 Å². The number of hydrogen-bond acceptors (Lipinski definition) is 3. The van der Waals surface area contributed by atoms with Gasteiger partial charge in [0, 0.05) is 6.04 Å². The van der Waals surface area contributed by atoms with Gasteiger partial charge in [0.25, 0.3) is 0 Å². The molecular formula is C16H31NO2S. The van der Waals surface area contributed by atoms with E-state index in [1.165, 1.54) is 12.2 Å². The van der Waals surface area contributed by atoms with Crippen LogP contribution in [0.5, 0.6) is 0 Å². The van der Waals surface area contributed by atoms with Gasteiger partial charge in [-0.3, -0.25) is 10.1 Å². The quantitative estimate of drug-likeness (QED) is 0.636. The van der Waals surface area contributed by atoms with Crippen LogP contribution in [0.25, 0.3) is 0 Å². The van der Waals surface area contributed by atoms with E-state index in [1.807, 2.05) is 25.6 Å². The van der Waals surface area contributed by atoms with E-state index in [9.17, 15) is 9.90 Å². The minimum absolute atomic E-state index is 0.222. The van der Waals surface area contributed by atoms with Crippen molar-refractivity contribution in [3.05, 3.63) is 0 Å². The van der Waals surface area contributed by atoms with Gasteiger partial charge in [-0.05, 0) is 56.5 Å². The first kappa shape index (κ1) is 17.8. The number of thioether (sulfide) groups is 1. The second-order valence-corrected chi connectivity index (χ2v) is 7.69. The van der Waals surface area contributed by atoms with E-state index in [1.54, 1.807) is 0 Å².